The van der Waals surface area contributed by atoms with Gasteiger partial charge in [-0.1, -0.05) is 37.3 Å². The summed E-state index contributed by atoms with van der Waals surface area (Å²) in [6.07, 6.45) is 1.08. The Morgan fingerprint density at radius 1 is 1.20 bits per heavy atom. The lowest BCUT2D eigenvalue weighted by atomic mass is 10.1. The Labute approximate surface area is 121 Å². The van der Waals surface area contributed by atoms with E-state index in [4.69, 9.17) is 5.73 Å². The molecule has 1 heterocycles. The first kappa shape index (κ1) is 15.0. The fourth-order valence-corrected chi connectivity index (χ4v) is 2.54. The Morgan fingerprint density at radius 3 is 2.45 bits per heavy atom. The summed E-state index contributed by atoms with van der Waals surface area (Å²) < 4.78 is 0. The predicted molar refractivity (Wildman–Crippen MR) is 81.4 cm³/mol. The van der Waals surface area contributed by atoms with Crippen molar-refractivity contribution < 1.29 is 4.79 Å². The summed E-state index contributed by atoms with van der Waals surface area (Å²) in [7, 11) is 0. The Bertz CT molecular complexity index is 413. The Kier molecular flexibility index (Phi) is 5.56. The van der Waals surface area contributed by atoms with Crippen LogP contribution in [0, 0.1) is 5.92 Å². The number of carbonyl (C=O) groups is 1. The van der Waals surface area contributed by atoms with Crippen LogP contribution in [0.2, 0.25) is 0 Å². The number of amides is 1. The van der Waals surface area contributed by atoms with Gasteiger partial charge in [-0.15, -0.1) is 0 Å². The molecule has 20 heavy (non-hydrogen) atoms. The zero-order valence-electron chi connectivity index (χ0n) is 12.3. The molecular formula is C16H25N3O. The molecule has 1 aliphatic heterocycles. The number of carbonyl (C=O) groups excluding carboxylic acids is 1. The summed E-state index contributed by atoms with van der Waals surface area (Å²) in [6, 6.07) is 10.6. The van der Waals surface area contributed by atoms with E-state index in [-0.39, 0.29) is 11.8 Å². The lowest BCUT2D eigenvalue weighted by molar-refractivity contribution is -0.136. The van der Waals surface area contributed by atoms with Crippen LogP contribution in [0.5, 0.6) is 0 Å². The Balaban J connectivity index is 1.73. The standard InChI is InChI=1S/C16H25N3O/c1-14(13-17)16(20)19-11-9-18(10-12-19)8-7-15-5-3-2-4-6-15/h2-6,14H,7-13,17H2,1H3. The average Bonchev–Trinajstić information content (AvgIpc) is 2.53. The second-order valence-electron chi connectivity index (χ2n) is 5.54. The molecule has 110 valence electrons. The van der Waals surface area contributed by atoms with Gasteiger partial charge in [0.25, 0.3) is 0 Å². The number of benzene rings is 1. The van der Waals surface area contributed by atoms with Gasteiger partial charge in [-0.2, -0.15) is 0 Å². The van der Waals surface area contributed by atoms with E-state index in [0.717, 1.165) is 39.1 Å². The highest BCUT2D eigenvalue weighted by Gasteiger charge is 2.23. The zero-order valence-corrected chi connectivity index (χ0v) is 12.3. The van der Waals surface area contributed by atoms with Gasteiger partial charge >= 0.3 is 0 Å². The molecular weight excluding hydrogens is 250 g/mol. The van der Waals surface area contributed by atoms with Crippen molar-refractivity contribution in [1.29, 1.82) is 0 Å². The normalized spacial score (nSPS) is 18.0. The molecule has 1 atom stereocenters. The van der Waals surface area contributed by atoms with Crippen LogP contribution in [-0.2, 0) is 11.2 Å². The van der Waals surface area contributed by atoms with Crippen LogP contribution in [-0.4, -0.2) is 55.0 Å². The van der Waals surface area contributed by atoms with E-state index in [1.807, 2.05) is 17.9 Å². The highest BCUT2D eigenvalue weighted by molar-refractivity contribution is 5.78. The fourth-order valence-electron chi connectivity index (χ4n) is 2.54. The minimum Gasteiger partial charge on any atom is -0.340 e. The van der Waals surface area contributed by atoms with Gasteiger partial charge in [-0.05, 0) is 12.0 Å². The van der Waals surface area contributed by atoms with E-state index in [2.05, 4.69) is 29.2 Å². The van der Waals surface area contributed by atoms with Gasteiger partial charge in [-0.3, -0.25) is 9.69 Å². The molecule has 1 saturated heterocycles. The molecule has 2 rings (SSSR count). The third-order valence-electron chi connectivity index (χ3n) is 4.02. The molecule has 0 spiro atoms. The van der Waals surface area contributed by atoms with Crippen molar-refractivity contribution in [3.63, 3.8) is 0 Å². The zero-order chi connectivity index (χ0) is 14.4. The van der Waals surface area contributed by atoms with Gasteiger partial charge in [0.15, 0.2) is 0 Å². The van der Waals surface area contributed by atoms with E-state index < -0.39 is 0 Å². The number of hydrogen-bond donors (Lipinski definition) is 1. The smallest absolute Gasteiger partial charge is 0.226 e. The van der Waals surface area contributed by atoms with E-state index in [9.17, 15) is 4.79 Å². The maximum atomic E-state index is 12.0. The lowest BCUT2D eigenvalue weighted by Crippen LogP contribution is -2.51. The maximum absolute atomic E-state index is 12.0. The van der Waals surface area contributed by atoms with E-state index in [1.165, 1.54) is 5.56 Å². The maximum Gasteiger partial charge on any atom is 0.226 e. The lowest BCUT2D eigenvalue weighted by Gasteiger charge is -2.35. The number of nitrogens with two attached hydrogens (primary N) is 1. The highest BCUT2D eigenvalue weighted by atomic mass is 16.2. The molecule has 0 aromatic heterocycles. The van der Waals surface area contributed by atoms with Crippen molar-refractivity contribution in [2.24, 2.45) is 11.7 Å². The monoisotopic (exact) mass is 275 g/mol. The molecule has 1 aliphatic rings. The SMILES string of the molecule is CC(CN)C(=O)N1CCN(CCc2ccccc2)CC1. The van der Waals surface area contributed by atoms with E-state index in [0.29, 0.717) is 6.54 Å². The van der Waals surface area contributed by atoms with E-state index >= 15 is 0 Å². The van der Waals surface area contributed by atoms with Crippen molar-refractivity contribution in [3.8, 4) is 0 Å². The minimum absolute atomic E-state index is 0.0501. The largest absolute Gasteiger partial charge is 0.340 e. The topological polar surface area (TPSA) is 49.6 Å². The Morgan fingerprint density at radius 2 is 1.85 bits per heavy atom. The molecule has 1 unspecified atom stereocenters. The summed E-state index contributed by atoms with van der Waals surface area (Å²) >= 11 is 0. The predicted octanol–water partition coefficient (Wildman–Crippen LogP) is 0.968. The summed E-state index contributed by atoms with van der Waals surface area (Å²) in [5.41, 5.74) is 6.94. The summed E-state index contributed by atoms with van der Waals surface area (Å²) in [5.74, 6) is 0.154. The molecule has 4 heteroatoms. The van der Waals surface area contributed by atoms with Crippen molar-refractivity contribution in [3.05, 3.63) is 35.9 Å². The number of hydrogen-bond acceptors (Lipinski definition) is 3. The molecule has 2 N–H and O–H groups in total. The van der Waals surface area contributed by atoms with Crippen LogP contribution in [0.15, 0.2) is 30.3 Å². The number of piperazine rings is 1. The molecule has 4 nitrogen and oxygen atoms in total. The summed E-state index contributed by atoms with van der Waals surface area (Å²) in [5, 5.41) is 0. The molecule has 1 amide bonds. The van der Waals surface area contributed by atoms with Crippen LogP contribution in [0.4, 0.5) is 0 Å². The first-order valence-corrected chi connectivity index (χ1v) is 7.46. The van der Waals surface area contributed by atoms with Gasteiger partial charge in [0.2, 0.25) is 5.91 Å². The molecule has 0 saturated carbocycles. The quantitative estimate of drug-likeness (QED) is 0.871. The van der Waals surface area contributed by atoms with Gasteiger partial charge in [0, 0.05) is 45.2 Å². The van der Waals surface area contributed by atoms with Gasteiger partial charge < -0.3 is 10.6 Å². The van der Waals surface area contributed by atoms with Crippen molar-refractivity contribution in [2.45, 2.75) is 13.3 Å². The van der Waals surface area contributed by atoms with Crippen molar-refractivity contribution in [2.75, 3.05) is 39.3 Å². The molecule has 1 aromatic rings. The van der Waals surface area contributed by atoms with E-state index in [1.54, 1.807) is 0 Å². The molecule has 0 radical (unpaired) electrons. The molecule has 1 aromatic carbocycles. The minimum atomic E-state index is -0.0501. The average molecular weight is 275 g/mol. The highest BCUT2D eigenvalue weighted by Crippen LogP contribution is 2.08. The van der Waals surface area contributed by atoms with Gasteiger partial charge in [0.05, 0.1) is 0 Å². The van der Waals surface area contributed by atoms with Gasteiger partial charge in [-0.25, -0.2) is 0 Å². The van der Waals surface area contributed by atoms with Crippen LogP contribution in [0.1, 0.15) is 12.5 Å². The first-order chi connectivity index (χ1) is 9.70. The molecule has 0 aliphatic carbocycles. The van der Waals surface area contributed by atoms with Crippen LogP contribution < -0.4 is 5.73 Å². The second kappa shape index (κ2) is 7.41. The second-order valence-corrected chi connectivity index (χ2v) is 5.54. The molecule has 1 fully saturated rings. The van der Waals surface area contributed by atoms with Crippen LogP contribution >= 0.6 is 0 Å². The number of nitrogens with zero attached hydrogens (tertiary/aromatic N) is 2. The van der Waals surface area contributed by atoms with Crippen molar-refractivity contribution >= 4 is 5.91 Å². The molecule has 0 bridgehead atoms. The summed E-state index contributed by atoms with van der Waals surface area (Å²) in [4.78, 5) is 16.4. The van der Waals surface area contributed by atoms with Crippen LogP contribution in [0.25, 0.3) is 0 Å². The fraction of sp³-hybridized carbons (Fsp3) is 0.562. The number of rotatable bonds is 5. The van der Waals surface area contributed by atoms with Crippen LogP contribution in [0.3, 0.4) is 0 Å². The van der Waals surface area contributed by atoms with Crippen molar-refractivity contribution in [1.82, 2.24) is 9.80 Å². The Hall–Kier alpha value is -1.39. The third kappa shape index (κ3) is 4.05. The van der Waals surface area contributed by atoms with Gasteiger partial charge in [0.1, 0.15) is 0 Å². The summed E-state index contributed by atoms with van der Waals surface area (Å²) in [6.45, 7) is 7.01. The first-order valence-electron chi connectivity index (χ1n) is 7.46. The third-order valence-corrected chi connectivity index (χ3v) is 4.02.